The summed E-state index contributed by atoms with van der Waals surface area (Å²) < 4.78 is 4.87. The zero-order valence-corrected chi connectivity index (χ0v) is 9.24. The standard InChI is InChI=1S/C9H17N3O3/c1-9(2,3)11-7(13)6-4-12(5-10)8(14)15-6/h6H,4-5,10H2,1-3H3,(H,11,13). The van der Waals surface area contributed by atoms with Gasteiger partial charge in [0.1, 0.15) is 0 Å². The molecular formula is C9H17N3O3. The molecule has 3 N–H and O–H groups in total. The first-order valence-corrected chi connectivity index (χ1v) is 4.81. The van der Waals surface area contributed by atoms with E-state index in [1.54, 1.807) is 0 Å². The second-order valence-electron chi connectivity index (χ2n) is 4.52. The average Bonchev–Trinajstić information content (AvgIpc) is 2.43. The van der Waals surface area contributed by atoms with Crippen LogP contribution in [0, 0.1) is 0 Å². The van der Waals surface area contributed by atoms with Crippen LogP contribution in [0.15, 0.2) is 0 Å². The summed E-state index contributed by atoms with van der Waals surface area (Å²) in [5.74, 6) is -0.285. The first kappa shape index (κ1) is 11.8. The molecule has 1 aliphatic rings. The van der Waals surface area contributed by atoms with Crippen molar-refractivity contribution >= 4 is 12.0 Å². The molecule has 1 atom stereocenters. The van der Waals surface area contributed by atoms with Crippen molar-refractivity contribution in [3.05, 3.63) is 0 Å². The number of hydrogen-bond donors (Lipinski definition) is 2. The molecule has 6 heteroatoms. The largest absolute Gasteiger partial charge is 0.434 e. The van der Waals surface area contributed by atoms with E-state index in [1.165, 1.54) is 4.90 Å². The van der Waals surface area contributed by atoms with Crippen LogP contribution in [0.5, 0.6) is 0 Å². The lowest BCUT2D eigenvalue weighted by Crippen LogP contribution is -2.47. The molecule has 0 aromatic heterocycles. The maximum atomic E-state index is 11.6. The molecule has 0 aliphatic carbocycles. The highest BCUT2D eigenvalue weighted by Crippen LogP contribution is 2.11. The van der Waals surface area contributed by atoms with Crippen LogP contribution < -0.4 is 11.1 Å². The zero-order chi connectivity index (χ0) is 11.6. The van der Waals surface area contributed by atoms with Crippen molar-refractivity contribution in [1.29, 1.82) is 0 Å². The summed E-state index contributed by atoms with van der Waals surface area (Å²) in [4.78, 5) is 24.0. The molecule has 1 rings (SSSR count). The Morgan fingerprint density at radius 2 is 2.27 bits per heavy atom. The van der Waals surface area contributed by atoms with E-state index in [-0.39, 0.29) is 24.7 Å². The van der Waals surface area contributed by atoms with Gasteiger partial charge in [0, 0.05) is 5.54 Å². The first-order chi connectivity index (χ1) is 6.83. The van der Waals surface area contributed by atoms with Crippen molar-refractivity contribution in [3.8, 4) is 0 Å². The van der Waals surface area contributed by atoms with Gasteiger partial charge in [-0.05, 0) is 20.8 Å². The van der Waals surface area contributed by atoms with Crippen molar-refractivity contribution in [3.63, 3.8) is 0 Å². The van der Waals surface area contributed by atoms with E-state index in [4.69, 9.17) is 10.5 Å². The van der Waals surface area contributed by atoms with Gasteiger partial charge >= 0.3 is 6.09 Å². The van der Waals surface area contributed by atoms with Crippen LogP contribution >= 0.6 is 0 Å². The van der Waals surface area contributed by atoms with Gasteiger partial charge in [-0.25, -0.2) is 4.79 Å². The SMILES string of the molecule is CC(C)(C)NC(=O)C1CN(CN)C(=O)O1. The summed E-state index contributed by atoms with van der Waals surface area (Å²) in [6, 6.07) is 0. The fraction of sp³-hybridized carbons (Fsp3) is 0.778. The molecule has 0 aromatic carbocycles. The quantitative estimate of drug-likeness (QED) is 0.658. The van der Waals surface area contributed by atoms with Crippen molar-refractivity contribution in [2.75, 3.05) is 13.2 Å². The van der Waals surface area contributed by atoms with Crippen molar-refractivity contribution < 1.29 is 14.3 Å². The molecule has 2 amide bonds. The number of hydrogen-bond acceptors (Lipinski definition) is 4. The van der Waals surface area contributed by atoms with Crippen LogP contribution in [0.25, 0.3) is 0 Å². The van der Waals surface area contributed by atoms with E-state index in [1.807, 2.05) is 20.8 Å². The summed E-state index contributed by atoms with van der Waals surface area (Å²) >= 11 is 0. The summed E-state index contributed by atoms with van der Waals surface area (Å²) in [6.45, 7) is 5.88. The van der Waals surface area contributed by atoms with Gasteiger partial charge in [-0.15, -0.1) is 0 Å². The third-order valence-corrected chi connectivity index (χ3v) is 1.90. The average molecular weight is 215 g/mol. The molecule has 1 aliphatic heterocycles. The highest BCUT2D eigenvalue weighted by molar-refractivity contribution is 5.86. The zero-order valence-electron chi connectivity index (χ0n) is 9.24. The first-order valence-electron chi connectivity index (χ1n) is 4.81. The third-order valence-electron chi connectivity index (χ3n) is 1.90. The second-order valence-corrected chi connectivity index (χ2v) is 4.52. The Morgan fingerprint density at radius 1 is 1.67 bits per heavy atom. The minimum absolute atomic E-state index is 0.0676. The van der Waals surface area contributed by atoms with Crippen LogP contribution in [-0.4, -0.2) is 41.8 Å². The van der Waals surface area contributed by atoms with E-state index >= 15 is 0 Å². The van der Waals surface area contributed by atoms with E-state index in [2.05, 4.69) is 5.32 Å². The lowest BCUT2D eigenvalue weighted by Gasteiger charge is -2.22. The van der Waals surface area contributed by atoms with Crippen LogP contribution in [0.2, 0.25) is 0 Å². The predicted octanol–water partition coefficient (Wildman–Crippen LogP) is -0.362. The Labute approximate surface area is 88.7 Å². The molecule has 1 fully saturated rings. The van der Waals surface area contributed by atoms with Gasteiger partial charge in [-0.1, -0.05) is 0 Å². The van der Waals surface area contributed by atoms with Crippen LogP contribution in [-0.2, 0) is 9.53 Å². The number of rotatable bonds is 2. The Bertz CT molecular complexity index is 272. The van der Waals surface area contributed by atoms with Crippen LogP contribution in [0.3, 0.4) is 0 Å². The number of carbonyl (C=O) groups excluding carboxylic acids is 2. The lowest BCUT2D eigenvalue weighted by molar-refractivity contribution is -0.129. The Hall–Kier alpha value is -1.30. The van der Waals surface area contributed by atoms with Gasteiger partial charge in [0.2, 0.25) is 0 Å². The number of amides is 2. The molecule has 1 heterocycles. The number of cyclic esters (lactones) is 1. The number of nitrogens with one attached hydrogen (secondary N) is 1. The molecule has 1 unspecified atom stereocenters. The fourth-order valence-corrected chi connectivity index (χ4v) is 1.24. The van der Waals surface area contributed by atoms with E-state index in [0.717, 1.165) is 0 Å². The Kier molecular flexibility index (Phi) is 3.18. The van der Waals surface area contributed by atoms with Crippen molar-refractivity contribution in [2.24, 2.45) is 5.73 Å². The molecule has 0 bridgehead atoms. The maximum absolute atomic E-state index is 11.6. The smallest absolute Gasteiger partial charge is 0.411 e. The van der Waals surface area contributed by atoms with Crippen molar-refractivity contribution in [2.45, 2.75) is 32.4 Å². The fourth-order valence-electron chi connectivity index (χ4n) is 1.24. The van der Waals surface area contributed by atoms with Gasteiger partial charge in [-0.3, -0.25) is 9.69 Å². The number of nitrogens with two attached hydrogens (primary N) is 1. The van der Waals surface area contributed by atoms with E-state index < -0.39 is 12.2 Å². The summed E-state index contributed by atoms with van der Waals surface area (Å²) in [5.41, 5.74) is 4.97. The minimum atomic E-state index is -0.750. The molecule has 1 saturated heterocycles. The van der Waals surface area contributed by atoms with Crippen molar-refractivity contribution in [1.82, 2.24) is 10.2 Å². The van der Waals surface area contributed by atoms with Crippen LogP contribution in [0.4, 0.5) is 4.79 Å². The molecule has 0 saturated carbocycles. The predicted molar refractivity (Wildman–Crippen MR) is 53.9 cm³/mol. The van der Waals surface area contributed by atoms with E-state index in [9.17, 15) is 9.59 Å². The Balaban J connectivity index is 2.53. The highest BCUT2D eigenvalue weighted by atomic mass is 16.6. The highest BCUT2D eigenvalue weighted by Gasteiger charge is 2.36. The summed E-state index contributed by atoms with van der Waals surface area (Å²) in [5, 5.41) is 2.74. The molecule has 0 aromatic rings. The maximum Gasteiger partial charge on any atom is 0.411 e. The van der Waals surface area contributed by atoms with E-state index in [0.29, 0.717) is 0 Å². The lowest BCUT2D eigenvalue weighted by atomic mass is 10.1. The topological polar surface area (TPSA) is 84.7 Å². The molecule has 0 spiro atoms. The Morgan fingerprint density at radius 3 is 2.67 bits per heavy atom. The second kappa shape index (κ2) is 4.06. The number of ether oxygens (including phenoxy) is 1. The number of nitrogens with zero attached hydrogens (tertiary/aromatic N) is 1. The normalized spacial score (nSPS) is 21.5. The molecule has 6 nitrogen and oxygen atoms in total. The molecular weight excluding hydrogens is 198 g/mol. The van der Waals surface area contributed by atoms with Gasteiger partial charge in [-0.2, -0.15) is 0 Å². The van der Waals surface area contributed by atoms with Gasteiger partial charge in [0.25, 0.3) is 5.91 Å². The number of carbonyl (C=O) groups is 2. The molecule has 0 radical (unpaired) electrons. The van der Waals surface area contributed by atoms with Gasteiger partial charge < -0.3 is 15.8 Å². The summed E-state index contributed by atoms with van der Waals surface area (Å²) in [6.07, 6.45) is -1.29. The summed E-state index contributed by atoms with van der Waals surface area (Å²) in [7, 11) is 0. The van der Waals surface area contributed by atoms with Gasteiger partial charge in [0.05, 0.1) is 13.2 Å². The van der Waals surface area contributed by atoms with Gasteiger partial charge in [0.15, 0.2) is 6.10 Å². The molecule has 15 heavy (non-hydrogen) atoms. The molecule has 86 valence electrons. The van der Waals surface area contributed by atoms with Crippen LogP contribution in [0.1, 0.15) is 20.8 Å². The minimum Gasteiger partial charge on any atom is -0.434 e. The third kappa shape index (κ3) is 3.09. The monoisotopic (exact) mass is 215 g/mol.